The lowest BCUT2D eigenvalue weighted by atomic mass is 10.2. The predicted octanol–water partition coefficient (Wildman–Crippen LogP) is 3.37. The molecule has 0 saturated heterocycles. The maximum atomic E-state index is 13.3. The van der Waals surface area contributed by atoms with Crippen molar-refractivity contribution in [2.24, 2.45) is 0 Å². The number of hydrogen-bond acceptors (Lipinski definition) is 3. The molecule has 1 heterocycles. The largest absolute Gasteiger partial charge is 0.573 e. The minimum atomic E-state index is -4.79. The average molecular weight is 300 g/mol. The maximum absolute atomic E-state index is 13.3. The minimum absolute atomic E-state index is 0.192. The highest BCUT2D eigenvalue weighted by atomic mass is 19.4. The Balaban J connectivity index is 2.07. The summed E-state index contributed by atoms with van der Waals surface area (Å²) in [5.74, 6) is -2.12. The molecule has 0 radical (unpaired) electrons. The molecule has 8 heteroatoms. The molecule has 0 saturated carbocycles. The number of alkyl halides is 3. The molecule has 0 aliphatic rings. The number of nitrogens with zero attached hydrogens (tertiary/aromatic N) is 1. The molecule has 2 rings (SSSR count). The Hall–Kier alpha value is -2.64. The summed E-state index contributed by atoms with van der Waals surface area (Å²) in [7, 11) is 0. The zero-order chi connectivity index (χ0) is 15.5. The highest BCUT2D eigenvalue weighted by Crippen LogP contribution is 2.24. The van der Waals surface area contributed by atoms with Gasteiger partial charge in [-0.15, -0.1) is 13.2 Å². The fourth-order valence-electron chi connectivity index (χ4n) is 1.49. The summed E-state index contributed by atoms with van der Waals surface area (Å²) in [6, 6.07) is 7.09. The molecule has 1 N–H and O–H groups in total. The van der Waals surface area contributed by atoms with E-state index in [1.807, 2.05) is 0 Å². The van der Waals surface area contributed by atoms with E-state index in [1.165, 1.54) is 30.5 Å². The topological polar surface area (TPSA) is 51.2 Å². The van der Waals surface area contributed by atoms with Gasteiger partial charge in [0.25, 0.3) is 5.91 Å². The lowest BCUT2D eigenvalue weighted by Crippen LogP contribution is -2.17. The molecule has 4 nitrogen and oxygen atoms in total. The summed E-state index contributed by atoms with van der Waals surface area (Å²) in [5, 5.41) is 2.33. The van der Waals surface area contributed by atoms with Crippen LogP contribution in [-0.2, 0) is 0 Å². The lowest BCUT2D eigenvalue weighted by Gasteiger charge is -2.10. The third-order valence-electron chi connectivity index (χ3n) is 2.35. The van der Waals surface area contributed by atoms with Crippen molar-refractivity contribution in [1.29, 1.82) is 0 Å². The molecule has 1 amide bonds. The number of pyridine rings is 1. The normalized spacial score (nSPS) is 11.0. The SMILES string of the molecule is O=C(Nc1ccc(OC(F)(F)F)cc1)c1cccnc1F. The van der Waals surface area contributed by atoms with Crippen molar-refractivity contribution in [2.75, 3.05) is 5.32 Å². The first-order valence-electron chi connectivity index (χ1n) is 5.63. The molecular formula is C13H8F4N2O2. The third kappa shape index (κ3) is 4.16. The second-order valence-electron chi connectivity index (χ2n) is 3.87. The quantitative estimate of drug-likeness (QED) is 0.698. The standard InChI is InChI=1S/C13H8F4N2O2/c14-11-10(2-1-7-18-11)12(20)19-8-3-5-9(6-4-8)21-13(15,16)17/h1-7H,(H,19,20). The zero-order valence-corrected chi connectivity index (χ0v) is 10.3. The van der Waals surface area contributed by atoms with E-state index in [-0.39, 0.29) is 11.3 Å². The lowest BCUT2D eigenvalue weighted by molar-refractivity contribution is -0.274. The third-order valence-corrected chi connectivity index (χ3v) is 2.35. The van der Waals surface area contributed by atoms with Gasteiger partial charge in [0.15, 0.2) is 0 Å². The van der Waals surface area contributed by atoms with Gasteiger partial charge in [-0.25, -0.2) is 4.98 Å². The van der Waals surface area contributed by atoms with Crippen molar-refractivity contribution in [3.8, 4) is 5.75 Å². The first-order chi connectivity index (χ1) is 9.85. The summed E-state index contributed by atoms with van der Waals surface area (Å²) in [6.07, 6.45) is -3.60. The fourth-order valence-corrected chi connectivity index (χ4v) is 1.49. The highest BCUT2D eigenvalue weighted by molar-refractivity contribution is 6.04. The highest BCUT2D eigenvalue weighted by Gasteiger charge is 2.30. The maximum Gasteiger partial charge on any atom is 0.573 e. The molecule has 0 aliphatic heterocycles. The van der Waals surface area contributed by atoms with Gasteiger partial charge in [-0.05, 0) is 36.4 Å². The average Bonchev–Trinajstić information content (AvgIpc) is 2.40. The summed E-state index contributed by atoms with van der Waals surface area (Å²) >= 11 is 0. The molecule has 1 aromatic carbocycles. The minimum Gasteiger partial charge on any atom is -0.406 e. The molecule has 0 unspecified atom stereocenters. The van der Waals surface area contributed by atoms with Gasteiger partial charge in [0, 0.05) is 11.9 Å². The summed E-state index contributed by atoms with van der Waals surface area (Å²) < 4.78 is 52.9. The summed E-state index contributed by atoms with van der Waals surface area (Å²) in [5.41, 5.74) is -0.0779. The Morgan fingerprint density at radius 1 is 1.14 bits per heavy atom. The van der Waals surface area contributed by atoms with Crippen LogP contribution in [0.4, 0.5) is 23.2 Å². The van der Waals surface area contributed by atoms with E-state index in [0.717, 1.165) is 12.1 Å². The first-order valence-corrected chi connectivity index (χ1v) is 5.63. The van der Waals surface area contributed by atoms with Crippen LogP contribution in [0.3, 0.4) is 0 Å². The molecule has 1 aromatic heterocycles. The predicted molar refractivity (Wildman–Crippen MR) is 65.3 cm³/mol. The van der Waals surface area contributed by atoms with Crippen LogP contribution < -0.4 is 10.1 Å². The molecule has 0 aliphatic carbocycles. The van der Waals surface area contributed by atoms with Crippen LogP contribution in [0.15, 0.2) is 42.6 Å². The second kappa shape index (κ2) is 5.78. The van der Waals surface area contributed by atoms with Crippen LogP contribution in [0, 0.1) is 5.95 Å². The molecule has 0 atom stereocenters. The van der Waals surface area contributed by atoms with Crippen molar-refractivity contribution in [1.82, 2.24) is 4.98 Å². The number of amides is 1. The smallest absolute Gasteiger partial charge is 0.406 e. The molecule has 110 valence electrons. The van der Waals surface area contributed by atoms with Crippen LogP contribution in [0.2, 0.25) is 0 Å². The monoisotopic (exact) mass is 300 g/mol. The van der Waals surface area contributed by atoms with Gasteiger partial charge >= 0.3 is 6.36 Å². The van der Waals surface area contributed by atoms with Gasteiger partial charge in [0.1, 0.15) is 5.75 Å². The van der Waals surface area contributed by atoms with E-state index in [1.54, 1.807) is 0 Å². The van der Waals surface area contributed by atoms with Crippen LogP contribution >= 0.6 is 0 Å². The van der Waals surface area contributed by atoms with Crippen molar-refractivity contribution < 1.29 is 27.1 Å². The number of aromatic nitrogens is 1. The molecular weight excluding hydrogens is 292 g/mol. The Kier molecular flexibility index (Phi) is 4.06. The van der Waals surface area contributed by atoms with Crippen molar-refractivity contribution in [2.45, 2.75) is 6.36 Å². The molecule has 2 aromatic rings. The molecule has 0 spiro atoms. The van der Waals surface area contributed by atoms with Gasteiger partial charge in [-0.1, -0.05) is 0 Å². The number of rotatable bonds is 3. The van der Waals surface area contributed by atoms with Crippen LogP contribution in [0.1, 0.15) is 10.4 Å². The number of carbonyl (C=O) groups is 1. The van der Waals surface area contributed by atoms with E-state index >= 15 is 0 Å². The summed E-state index contributed by atoms with van der Waals surface area (Å²) in [4.78, 5) is 15.1. The number of nitrogens with one attached hydrogen (secondary N) is 1. The number of carbonyl (C=O) groups excluding carboxylic acids is 1. The van der Waals surface area contributed by atoms with E-state index in [0.29, 0.717) is 0 Å². The van der Waals surface area contributed by atoms with E-state index in [2.05, 4.69) is 15.0 Å². The number of benzene rings is 1. The Morgan fingerprint density at radius 3 is 2.38 bits per heavy atom. The number of anilines is 1. The molecule has 0 fully saturated rings. The number of hydrogen-bond donors (Lipinski definition) is 1. The van der Waals surface area contributed by atoms with Crippen LogP contribution in [0.5, 0.6) is 5.75 Å². The van der Waals surface area contributed by atoms with Gasteiger partial charge in [-0.3, -0.25) is 4.79 Å². The number of ether oxygens (including phenoxy) is 1. The van der Waals surface area contributed by atoms with Gasteiger partial charge in [-0.2, -0.15) is 4.39 Å². The molecule has 0 bridgehead atoms. The van der Waals surface area contributed by atoms with E-state index in [9.17, 15) is 22.4 Å². The van der Waals surface area contributed by atoms with Crippen molar-refractivity contribution in [3.63, 3.8) is 0 Å². The van der Waals surface area contributed by atoms with Crippen LogP contribution in [0.25, 0.3) is 0 Å². The van der Waals surface area contributed by atoms with Gasteiger partial charge < -0.3 is 10.1 Å². The zero-order valence-electron chi connectivity index (χ0n) is 10.3. The Bertz CT molecular complexity index is 641. The van der Waals surface area contributed by atoms with Gasteiger partial charge in [0.2, 0.25) is 5.95 Å². The molecule has 21 heavy (non-hydrogen) atoms. The van der Waals surface area contributed by atoms with Crippen molar-refractivity contribution >= 4 is 11.6 Å². The Labute approximate surface area is 116 Å². The van der Waals surface area contributed by atoms with Crippen molar-refractivity contribution in [3.05, 3.63) is 54.1 Å². The van der Waals surface area contributed by atoms with E-state index < -0.39 is 24.0 Å². The number of halogens is 4. The van der Waals surface area contributed by atoms with Gasteiger partial charge in [0.05, 0.1) is 5.56 Å². The second-order valence-corrected chi connectivity index (χ2v) is 3.87. The van der Waals surface area contributed by atoms with E-state index in [4.69, 9.17) is 0 Å². The van der Waals surface area contributed by atoms with Crippen LogP contribution in [-0.4, -0.2) is 17.3 Å². The summed E-state index contributed by atoms with van der Waals surface area (Å²) in [6.45, 7) is 0. The first kappa shape index (κ1) is 14.8. The Morgan fingerprint density at radius 2 is 1.81 bits per heavy atom. The fraction of sp³-hybridized carbons (Fsp3) is 0.0769.